The predicted molar refractivity (Wildman–Crippen MR) is 67.1 cm³/mol. The summed E-state index contributed by atoms with van der Waals surface area (Å²) in [5.74, 6) is 0.252. The van der Waals surface area contributed by atoms with Crippen molar-refractivity contribution >= 4 is 11.7 Å². The Hall–Kier alpha value is -2.15. The Bertz CT molecular complexity index is 529. The van der Waals surface area contributed by atoms with Crippen LogP contribution in [0.15, 0.2) is 24.8 Å². The number of nitrogens with one attached hydrogen (secondary N) is 1. The Kier molecular flexibility index (Phi) is 3.73. The Morgan fingerprint density at radius 3 is 3.06 bits per heavy atom. The van der Waals surface area contributed by atoms with E-state index in [2.05, 4.69) is 15.4 Å². The molecule has 7 heteroatoms. The van der Waals surface area contributed by atoms with Crippen LogP contribution in [0.2, 0.25) is 0 Å². The van der Waals surface area contributed by atoms with Gasteiger partial charge in [0.2, 0.25) is 0 Å². The fourth-order valence-corrected chi connectivity index (χ4v) is 1.53. The monoisotopic (exact) mass is 248 g/mol. The lowest BCUT2D eigenvalue weighted by Crippen LogP contribution is -2.13. The summed E-state index contributed by atoms with van der Waals surface area (Å²) in [6, 6.07) is 1.75. The first kappa shape index (κ1) is 12.3. The van der Waals surface area contributed by atoms with Gasteiger partial charge in [0.15, 0.2) is 5.82 Å². The van der Waals surface area contributed by atoms with Crippen LogP contribution in [0.3, 0.4) is 0 Å². The van der Waals surface area contributed by atoms with Gasteiger partial charge in [-0.2, -0.15) is 5.10 Å². The summed E-state index contributed by atoms with van der Waals surface area (Å²) in [4.78, 5) is 15.9. The van der Waals surface area contributed by atoms with Crippen LogP contribution in [0.5, 0.6) is 0 Å². The topological polar surface area (TPSA) is 90.8 Å². The molecular weight excluding hydrogens is 232 g/mol. The van der Waals surface area contributed by atoms with Crippen molar-refractivity contribution in [2.45, 2.75) is 20.0 Å². The second-order valence-electron chi connectivity index (χ2n) is 3.80. The van der Waals surface area contributed by atoms with E-state index in [1.807, 2.05) is 13.1 Å². The van der Waals surface area contributed by atoms with Crippen molar-refractivity contribution in [3.05, 3.63) is 30.5 Å². The minimum absolute atomic E-state index is 0.271. The minimum Gasteiger partial charge on any atom is -0.335 e. The van der Waals surface area contributed by atoms with Crippen LogP contribution in [-0.4, -0.2) is 31.8 Å². The normalized spacial score (nSPS) is 10.6. The van der Waals surface area contributed by atoms with Gasteiger partial charge in [-0.25, -0.2) is 4.98 Å². The highest BCUT2D eigenvalue weighted by Crippen LogP contribution is 2.05. The maximum atomic E-state index is 11.9. The maximum Gasteiger partial charge on any atom is 0.277 e. The van der Waals surface area contributed by atoms with Gasteiger partial charge in [0.25, 0.3) is 5.91 Å². The number of nitrogens with zero attached hydrogens (tertiary/aromatic N) is 4. The molecule has 0 spiro atoms. The first-order valence-corrected chi connectivity index (χ1v) is 5.79. The molecule has 0 aromatic carbocycles. The number of aryl methyl sites for hydroxylation is 1. The Labute approximate surface area is 105 Å². The quantitative estimate of drug-likeness (QED) is 0.796. The van der Waals surface area contributed by atoms with Crippen molar-refractivity contribution in [1.29, 1.82) is 0 Å². The van der Waals surface area contributed by atoms with Crippen molar-refractivity contribution in [2.75, 3.05) is 11.9 Å². The molecule has 0 saturated carbocycles. The number of imidazole rings is 1. The summed E-state index contributed by atoms with van der Waals surface area (Å²) in [5, 5.41) is 6.86. The standard InChI is InChI=1S/C11H16N6O/c1-2-17-5-3-10(15-17)14-11(18)9-7-16(6-4-12)8-13-9/h3,5,7-8H,2,4,6,12H2,1H3,(H,14,15,18). The van der Waals surface area contributed by atoms with Gasteiger partial charge < -0.3 is 15.6 Å². The molecule has 0 aliphatic rings. The second kappa shape index (κ2) is 5.46. The zero-order valence-electron chi connectivity index (χ0n) is 10.2. The molecule has 0 atom stereocenters. The van der Waals surface area contributed by atoms with Crippen LogP contribution in [0.4, 0.5) is 5.82 Å². The number of amides is 1. The van der Waals surface area contributed by atoms with E-state index in [-0.39, 0.29) is 5.91 Å². The van der Waals surface area contributed by atoms with Gasteiger partial charge in [0.05, 0.1) is 6.33 Å². The summed E-state index contributed by atoms with van der Waals surface area (Å²) >= 11 is 0. The summed E-state index contributed by atoms with van der Waals surface area (Å²) < 4.78 is 3.52. The Balaban J connectivity index is 2.02. The molecule has 0 radical (unpaired) electrons. The van der Waals surface area contributed by atoms with Crippen molar-refractivity contribution in [3.8, 4) is 0 Å². The fourth-order valence-electron chi connectivity index (χ4n) is 1.53. The van der Waals surface area contributed by atoms with E-state index in [0.29, 0.717) is 24.6 Å². The molecule has 2 heterocycles. The zero-order valence-corrected chi connectivity index (χ0v) is 10.2. The highest BCUT2D eigenvalue weighted by Gasteiger charge is 2.10. The number of carbonyl (C=O) groups excluding carboxylic acids is 1. The smallest absolute Gasteiger partial charge is 0.277 e. The summed E-state index contributed by atoms with van der Waals surface area (Å²) in [6.45, 7) is 3.90. The van der Waals surface area contributed by atoms with Gasteiger partial charge >= 0.3 is 0 Å². The third kappa shape index (κ3) is 2.75. The molecule has 96 valence electrons. The fraction of sp³-hybridized carbons (Fsp3) is 0.364. The molecule has 2 aromatic heterocycles. The van der Waals surface area contributed by atoms with Crippen LogP contribution in [0.25, 0.3) is 0 Å². The molecule has 2 aromatic rings. The average Bonchev–Trinajstić information content (AvgIpc) is 2.98. The lowest BCUT2D eigenvalue weighted by Gasteiger charge is -1.99. The van der Waals surface area contributed by atoms with Crippen LogP contribution in [-0.2, 0) is 13.1 Å². The average molecular weight is 248 g/mol. The Morgan fingerprint density at radius 1 is 1.56 bits per heavy atom. The van der Waals surface area contributed by atoms with Gasteiger partial charge in [-0.1, -0.05) is 0 Å². The number of hydrogen-bond donors (Lipinski definition) is 2. The molecule has 0 aliphatic carbocycles. The SMILES string of the molecule is CCn1ccc(NC(=O)c2cn(CCN)cn2)n1. The van der Waals surface area contributed by atoms with Crippen molar-refractivity contribution in [2.24, 2.45) is 5.73 Å². The van der Waals surface area contributed by atoms with Gasteiger partial charge in [-0.15, -0.1) is 0 Å². The second-order valence-corrected chi connectivity index (χ2v) is 3.80. The summed E-state index contributed by atoms with van der Waals surface area (Å²) in [7, 11) is 0. The van der Waals surface area contributed by atoms with E-state index < -0.39 is 0 Å². The first-order valence-electron chi connectivity index (χ1n) is 5.79. The molecule has 0 fully saturated rings. The maximum absolute atomic E-state index is 11.9. The summed E-state index contributed by atoms with van der Waals surface area (Å²) in [6.07, 6.45) is 5.06. The molecule has 0 saturated heterocycles. The van der Waals surface area contributed by atoms with E-state index >= 15 is 0 Å². The summed E-state index contributed by atoms with van der Waals surface area (Å²) in [5.41, 5.74) is 5.78. The van der Waals surface area contributed by atoms with Gasteiger partial charge in [-0.3, -0.25) is 9.48 Å². The lowest BCUT2D eigenvalue weighted by molar-refractivity contribution is 0.102. The molecule has 3 N–H and O–H groups in total. The van der Waals surface area contributed by atoms with Crippen LogP contribution in [0.1, 0.15) is 17.4 Å². The van der Waals surface area contributed by atoms with E-state index in [4.69, 9.17) is 5.73 Å². The molecular formula is C11H16N6O. The van der Waals surface area contributed by atoms with Crippen LogP contribution in [0, 0.1) is 0 Å². The van der Waals surface area contributed by atoms with E-state index in [1.165, 1.54) is 0 Å². The third-order valence-electron chi connectivity index (χ3n) is 2.46. The number of rotatable bonds is 5. The van der Waals surface area contributed by atoms with Gasteiger partial charge in [-0.05, 0) is 6.92 Å². The Morgan fingerprint density at radius 2 is 2.39 bits per heavy atom. The molecule has 1 amide bonds. The highest BCUT2D eigenvalue weighted by molar-refractivity contribution is 6.02. The number of aromatic nitrogens is 4. The number of hydrogen-bond acceptors (Lipinski definition) is 4. The number of anilines is 1. The van der Waals surface area contributed by atoms with Crippen molar-refractivity contribution in [3.63, 3.8) is 0 Å². The third-order valence-corrected chi connectivity index (χ3v) is 2.46. The molecule has 2 rings (SSSR count). The minimum atomic E-state index is -0.271. The molecule has 7 nitrogen and oxygen atoms in total. The number of nitrogens with two attached hydrogens (primary N) is 1. The van der Waals surface area contributed by atoms with Gasteiger partial charge in [0, 0.05) is 38.1 Å². The predicted octanol–water partition coefficient (Wildman–Crippen LogP) is 0.310. The largest absolute Gasteiger partial charge is 0.335 e. The van der Waals surface area contributed by atoms with Crippen molar-refractivity contribution < 1.29 is 4.79 Å². The number of carbonyl (C=O) groups is 1. The molecule has 0 bridgehead atoms. The van der Waals surface area contributed by atoms with Crippen molar-refractivity contribution in [1.82, 2.24) is 19.3 Å². The van der Waals surface area contributed by atoms with Gasteiger partial charge in [0.1, 0.15) is 5.69 Å². The molecule has 18 heavy (non-hydrogen) atoms. The van der Waals surface area contributed by atoms with Crippen LogP contribution >= 0.6 is 0 Å². The zero-order chi connectivity index (χ0) is 13.0. The molecule has 0 unspecified atom stereocenters. The van der Waals surface area contributed by atoms with E-state index in [0.717, 1.165) is 6.54 Å². The first-order chi connectivity index (χ1) is 8.72. The lowest BCUT2D eigenvalue weighted by atomic mass is 10.4. The van der Waals surface area contributed by atoms with Crippen LogP contribution < -0.4 is 11.1 Å². The van der Waals surface area contributed by atoms with E-state index in [9.17, 15) is 4.79 Å². The van der Waals surface area contributed by atoms with E-state index in [1.54, 1.807) is 27.8 Å². The molecule has 0 aliphatic heterocycles. The highest BCUT2D eigenvalue weighted by atomic mass is 16.2.